The fourth-order valence-electron chi connectivity index (χ4n) is 2.43. The number of rotatable bonds is 2. The average molecular weight is 256 g/mol. The first-order valence-electron chi connectivity index (χ1n) is 6.06. The van der Waals surface area contributed by atoms with Crippen molar-refractivity contribution < 1.29 is 0 Å². The topological polar surface area (TPSA) is 63.1 Å². The van der Waals surface area contributed by atoms with Crippen molar-refractivity contribution >= 4 is 11.2 Å². The second-order valence-corrected chi connectivity index (χ2v) is 4.97. The van der Waals surface area contributed by atoms with Crippen molar-refractivity contribution in [1.29, 1.82) is 5.26 Å². The van der Waals surface area contributed by atoms with Gasteiger partial charge in [-0.05, 0) is 18.4 Å². The van der Waals surface area contributed by atoms with Gasteiger partial charge in [-0.1, -0.05) is 20.4 Å². The van der Waals surface area contributed by atoms with E-state index in [4.69, 9.17) is 5.26 Å². The summed E-state index contributed by atoms with van der Waals surface area (Å²) in [6.45, 7) is 9.73. The van der Waals surface area contributed by atoms with Crippen LogP contribution in [0.1, 0.15) is 43.5 Å². The fraction of sp³-hybridized carbons (Fsp3) is 0.357. The SMILES string of the molecule is C=C(C)c1c(C(C)C)c(=O)n2ncc(C#N)c2n1C. The molecule has 19 heavy (non-hydrogen) atoms. The van der Waals surface area contributed by atoms with Gasteiger partial charge in [0.1, 0.15) is 11.6 Å². The fourth-order valence-corrected chi connectivity index (χ4v) is 2.43. The van der Waals surface area contributed by atoms with Crippen molar-refractivity contribution in [2.45, 2.75) is 26.7 Å². The van der Waals surface area contributed by atoms with Crippen LogP contribution in [-0.4, -0.2) is 14.2 Å². The third-order valence-electron chi connectivity index (χ3n) is 3.18. The van der Waals surface area contributed by atoms with Gasteiger partial charge in [0.2, 0.25) is 0 Å². The molecule has 2 heterocycles. The van der Waals surface area contributed by atoms with E-state index >= 15 is 0 Å². The van der Waals surface area contributed by atoms with Crippen LogP contribution in [0.4, 0.5) is 0 Å². The molecular formula is C14H16N4O. The van der Waals surface area contributed by atoms with Crippen LogP contribution < -0.4 is 5.56 Å². The van der Waals surface area contributed by atoms with Crippen LogP contribution in [0, 0.1) is 11.3 Å². The number of nitrogens with zero attached hydrogens (tertiary/aromatic N) is 4. The lowest BCUT2D eigenvalue weighted by molar-refractivity contribution is 0.741. The molecule has 0 saturated carbocycles. The molecule has 0 fully saturated rings. The first kappa shape index (κ1) is 13.1. The lowest BCUT2D eigenvalue weighted by Gasteiger charge is -2.17. The zero-order valence-corrected chi connectivity index (χ0v) is 11.6. The molecule has 0 N–H and O–H groups in total. The minimum atomic E-state index is -0.178. The van der Waals surface area contributed by atoms with Gasteiger partial charge in [0.15, 0.2) is 5.65 Å². The van der Waals surface area contributed by atoms with E-state index < -0.39 is 0 Å². The maximum absolute atomic E-state index is 12.5. The average Bonchev–Trinajstić information content (AvgIpc) is 2.76. The summed E-state index contributed by atoms with van der Waals surface area (Å²) in [6, 6.07) is 2.06. The van der Waals surface area contributed by atoms with Crippen LogP contribution in [0.2, 0.25) is 0 Å². The molecule has 0 aliphatic rings. The molecule has 2 aromatic heterocycles. The zero-order chi connectivity index (χ0) is 14.3. The van der Waals surface area contributed by atoms with Crippen molar-refractivity contribution in [3.05, 3.63) is 40.0 Å². The van der Waals surface area contributed by atoms with Crippen LogP contribution in [0.5, 0.6) is 0 Å². The molecular weight excluding hydrogens is 240 g/mol. The van der Waals surface area contributed by atoms with Crippen LogP contribution in [-0.2, 0) is 7.05 Å². The smallest absolute Gasteiger partial charge is 0.278 e. The maximum Gasteiger partial charge on any atom is 0.278 e. The Balaban J connectivity index is 3.10. The lowest BCUT2D eigenvalue weighted by Crippen LogP contribution is -2.26. The van der Waals surface area contributed by atoms with Crippen molar-refractivity contribution in [3.63, 3.8) is 0 Å². The summed E-state index contributed by atoms with van der Waals surface area (Å²) in [5, 5.41) is 13.1. The maximum atomic E-state index is 12.5. The highest BCUT2D eigenvalue weighted by atomic mass is 16.1. The zero-order valence-electron chi connectivity index (χ0n) is 11.6. The standard InChI is InChI=1S/C14H16N4O/c1-8(2)11-12(9(3)4)17(5)13-10(6-15)7-16-18(13)14(11)19/h7-8H,3H2,1-2,4-5H3. The quantitative estimate of drug-likeness (QED) is 0.826. The van der Waals surface area contributed by atoms with Gasteiger partial charge < -0.3 is 4.57 Å². The van der Waals surface area contributed by atoms with E-state index in [1.165, 1.54) is 10.7 Å². The van der Waals surface area contributed by atoms with Crippen LogP contribution in [0.3, 0.4) is 0 Å². The first-order chi connectivity index (χ1) is 8.90. The van der Waals surface area contributed by atoms with Gasteiger partial charge in [-0.3, -0.25) is 4.79 Å². The minimum Gasteiger partial charge on any atom is -0.327 e. The monoisotopic (exact) mass is 256 g/mol. The molecule has 0 atom stereocenters. The summed E-state index contributed by atoms with van der Waals surface area (Å²) in [5.41, 5.74) is 2.98. The van der Waals surface area contributed by atoms with Gasteiger partial charge in [-0.2, -0.15) is 14.9 Å². The highest BCUT2D eigenvalue weighted by Crippen LogP contribution is 2.23. The third-order valence-corrected chi connectivity index (χ3v) is 3.18. The largest absolute Gasteiger partial charge is 0.327 e. The molecule has 0 amide bonds. The van der Waals surface area contributed by atoms with Gasteiger partial charge in [0.25, 0.3) is 5.56 Å². The number of hydrogen-bond donors (Lipinski definition) is 0. The highest BCUT2D eigenvalue weighted by Gasteiger charge is 2.20. The Kier molecular flexibility index (Phi) is 3.03. The first-order valence-corrected chi connectivity index (χ1v) is 6.06. The number of aryl methyl sites for hydroxylation is 1. The van der Waals surface area contributed by atoms with Gasteiger partial charge >= 0.3 is 0 Å². The molecule has 2 aromatic rings. The van der Waals surface area contributed by atoms with Crippen LogP contribution >= 0.6 is 0 Å². The molecule has 0 unspecified atom stereocenters. The number of nitriles is 1. The minimum absolute atomic E-state index is 0.0598. The molecule has 98 valence electrons. The second kappa shape index (κ2) is 4.39. The number of hydrogen-bond acceptors (Lipinski definition) is 3. The molecule has 0 aromatic carbocycles. The molecule has 2 rings (SSSR count). The summed E-state index contributed by atoms with van der Waals surface area (Å²) >= 11 is 0. The van der Waals surface area contributed by atoms with Crippen molar-refractivity contribution in [2.24, 2.45) is 7.05 Å². The lowest BCUT2D eigenvalue weighted by atomic mass is 9.99. The van der Waals surface area contributed by atoms with Crippen molar-refractivity contribution in [3.8, 4) is 6.07 Å². The molecule has 5 nitrogen and oxygen atoms in total. The van der Waals surface area contributed by atoms with Crippen molar-refractivity contribution in [1.82, 2.24) is 14.2 Å². The van der Waals surface area contributed by atoms with E-state index in [-0.39, 0.29) is 11.5 Å². The van der Waals surface area contributed by atoms with Gasteiger partial charge in [-0.15, -0.1) is 0 Å². The second-order valence-electron chi connectivity index (χ2n) is 4.97. The van der Waals surface area contributed by atoms with Crippen molar-refractivity contribution in [2.75, 3.05) is 0 Å². The summed E-state index contributed by atoms with van der Waals surface area (Å²) in [5.74, 6) is 0.0598. The molecule has 0 radical (unpaired) electrons. The van der Waals surface area contributed by atoms with Gasteiger partial charge in [0.05, 0.1) is 11.9 Å². The van der Waals surface area contributed by atoms with Crippen LogP contribution in [0.25, 0.3) is 11.2 Å². The van der Waals surface area contributed by atoms with E-state index in [9.17, 15) is 4.79 Å². The van der Waals surface area contributed by atoms with E-state index in [0.29, 0.717) is 16.8 Å². The van der Waals surface area contributed by atoms with Crippen LogP contribution in [0.15, 0.2) is 17.6 Å². The molecule has 0 aliphatic heterocycles. The Morgan fingerprint density at radius 1 is 1.53 bits per heavy atom. The normalized spacial score (nSPS) is 10.9. The molecule has 0 spiro atoms. The number of aromatic nitrogens is 3. The Morgan fingerprint density at radius 3 is 2.63 bits per heavy atom. The van der Waals surface area contributed by atoms with E-state index in [1.807, 2.05) is 32.4 Å². The Bertz CT molecular complexity index is 771. The third kappa shape index (κ3) is 1.76. The number of fused-ring (bicyclic) bond motifs is 1. The summed E-state index contributed by atoms with van der Waals surface area (Å²) < 4.78 is 3.12. The number of allylic oxidation sites excluding steroid dienone is 1. The van der Waals surface area contributed by atoms with E-state index in [1.54, 1.807) is 0 Å². The highest BCUT2D eigenvalue weighted by molar-refractivity contribution is 5.67. The molecule has 5 heteroatoms. The van der Waals surface area contributed by atoms with E-state index in [0.717, 1.165) is 11.3 Å². The Hall–Kier alpha value is -2.35. The van der Waals surface area contributed by atoms with Gasteiger partial charge in [-0.25, -0.2) is 0 Å². The molecule has 0 saturated heterocycles. The summed E-state index contributed by atoms with van der Waals surface area (Å²) in [4.78, 5) is 12.5. The van der Waals surface area contributed by atoms with E-state index in [2.05, 4.69) is 17.7 Å². The van der Waals surface area contributed by atoms with Gasteiger partial charge in [0, 0.05) is 12.6 Å². The Labute approximate surface area is 111 Å². The summed E-state index contributed by atoms with van der Waals surface area (Å²) in [7, 11) is 1.83. The Morgan fingerprint density at radius 2 is 2.16 bits per heavy atom. The summed E-state index contributed by atoms with van der Waals surface area (Å²) in [6.07, 6.45) is 1.42. The molecule has 0 aliphatic carbocycles. The predicted octanol–water partition coefficient (Wildman–Crippen LogP) is 2.06. The predicted molar refractivity (Wildman–Crippen MR) is 73.9 cm³/mol. The molecule has 0 bridgehead atoms.